The van der Waals surface area contributed by atoms with E-state index in [1.807, 2.05) is 18.2 Å². The number of carboxylic acid groups (broad SMARTS) is 1. The topological polar surface area (TPSA) is 40.5 Å². The van der Waals surface area contributed by atoms with Crippen LogP contribution < -0.4 is 0 Å². The van der Waals surface area contributed by atoms with Gasteiger partial charge in [0.1, 0.15) is 0 Å². The maximum Gasteiger partial charge on any atom is 0.335 e. The SMILES string of the molecule is CC(C)N(Cc1ccccc1)Cc1ccc(C(=O)O)cc1. The Kier molecular flexibility index (Phi) is 5.12. The molecule has 110 valence electrons. The van der Waals surface area contributed by atoms with E-state index < -0.39 is 5.97 Å². The molecule has 0 amide bonds. The summed E-state index contributed by atoms with van der Waals surface area (Å²) < 4.78 is 0. The summed E-state index contributed by atoms with van der Waals surface area (Å²) in [6.45, 7) is 6.05. The molecule has 0 unspecified atom stereocenters. The Balaban J connectivity index is 2.07. The first-order chi connectivity index (χ1) is 10.1. The summed E-state index contributed by atoms with van der Waals surface area (Å²) in [4.78, 5) is 13.2. The van der Waals surface area contributed by atoms with E-state index in [2.05, 4.69) is 43.0 Å². The minimum absolute atomic E-state index is 0.331. The Hall–Kier alpha value is -2.13. The average Bonchev–Trinajstić information content (AvgIpc) is 2.48. The molecule has 0 atom stereocenters. The van der Waals surface area contributed by atoms with Crippen LogP contribution in [0.15, 0.2) is 54.6 Å². The van der Waals surface area contributed by atoms with Gasteiger partial charge in [-0.2, -0.15) is 0 Å². The summed E-state index contributed by atoms with van der Waals surface area (Å²) in [5, 5.41) is 8.93. The molecule has 0 saturated carbocycles. The molecule has 0 aliphatic carbocycles. The Morgan fingerprint density at radius 1 is 0.952 bits per heavy atom. The molecule has 0 bridgehead atoms. The fourth-order valence-corrected chi connectivity index (χ4v) is 2.23. The zero-order valence-corrected chi connectivity index (χ0v) is 12.5. The van der Waals surface area contributed by atoms with E-state index in [0.717, 1.165) is 18.7 Å². The highest BCUT2D eigenvalue weighted by molar-refractivity contribution is 5.87. The van der Waals surface area contributed by atoms with Gasteiger partial charge in [0.05, 0.1) is 5.56 Å². The van der Waals surface area contributed by atoms with Crippen LogP contribution in [0.2, 0.25) is 0 Å². The first kappa shape index (κ1) is 15.3. The Labute approximate surface area is 125 Å². The molecule has 0 aliphatic rings. The molecule has 0 heterocycles. The molecule has 0 spiro atoms. The van der Waals surface area contributed by atoms with E-state index in [0.29, 0.717) is 11.6 Å². The maximum absolute atomic E-state index is 10.9. The molecular weight excluding hydrogens is 262 g/mol. The van der Waals surface area contributed by atoms with Gasteiger partial charge in [-0.25, -0.2) is 4.79 Å². The molecule has 2 rings (SSSR count). The minimum atomic E-state index is -0.883. The fraction of sp³-hybridized carbons (Fsp3) is 0.278. The second-order valence-corrected chi connectivity index (χ2v) is 5.49. The van der Waals surface area contributed by atoms with E-state index >= 15 is 0 Å². The van der Waals surface area contributed by atoms with E-state index in [1.54, 1.807) is 12.1 Å². The first-order valence-electron chi connectivity index (χ1n) is 7.16. The number of carboxylic acids is 1. The second-order valence-electron chi connectivity index (χ2n) is 5.49. The lowest BCUT2D eigenvalue weighted by Crippen LogP contribution is -2.29. The van der Waals surface area contributed by atoms with Crippen molar-refractivity contribution in [2.75, 3.05) is 0 Å². The van der Waals surface area contributed by atoms with E-state index in [1.165, 1.54) is 5.56 Å². The molecule has 0 radical (unpaired) electrons. The number of hydrogen-bond donors (Lipinski definition) is 1. The molecule has 2 aromatic carbocycles. The average molecular weight is 283 g/mol. The van der Waals surface area contributed by atoms with Gasteiger partial charge in [0.25, 0.3) is 0 Å². The van der Waals surface area contributed by atoms with Crippen LogP contribution >= 0.6 is 0 Å². The molecule has 3 nitrogen and oxygen atoms in total. The number of rotatable bonds is 6. The van der Waals surface area contributed by atoms with Crippen LogP contribution in [0.4, 0.5) is 0 Å². The van der Waals surface area contributed by atoms with E-state index in [9.17, 15) is 4.79 Å². The van der Waals surface area contributed by atoms with Gasteiger partial charge in [0.2, 0.25) is 0 Å². The second kappa shape index (κ2) is 7.04. The van der Waals surface area contributed by atoms with Crippen LogP contribution in [0.3, 0.4) is 0 Å². The zero-order chi connectivity index (χ0) is 15.2. The molecule has 3 heteroatoms. The monoisotopic (exact) mass is 283 g/mol. The number of hydrogen-bond acceptors (Lipinski definition) is 2. The van der Waals surface area contributed by atoms with Gasteiger partial charge in [-0.05, 0) is 37.1 Å². The highest BCUT2D eigenvalue weighted by atomic mass is 16.4. The molecule has 0 fully saturated rings. The zero-order valence-electron chi connectivity index (χ0n) is 12.5. The molecule has 0 saturated heterocycles. The summed E-state index contributed by atoms with van der Waals surface area (Å²) in [5.41, 5.74) is 2.75. The summed E-state index contributed by atoms with van der Waals surface area (Å²) >= 11 is 0. The molecule has 21 heavy (non-hydrogen) atoms. The largest absolute Gasteiger partial charge is 0.478 e. The van der Waals surface area contributed by atoms with Crippen LogP contribution in [0.25, 0.3) is 0 Å². The van der Waals surface area contributed by atoms with Crippen molar-refractivity contribution in [1.82, 2.24) is 4.90 Å². The van der Waals surface area contributed by atoms with Crippen molar-refractivity contribution in [3.05, 3.63) is 71.3 Å². The van der Waals surface area contributed by atoms with Crippen molar-refractivity contribution in [3.63, 3.8) is 0 Å². The van der Waals surface area contributed by atoms with Crippen LogP contribution in [-0.2, 0) is 13.1 Å². The van der Waals surface area contributed by atoms with Crippen molar-refractivity contribution < 1.29 is 9.90 Å². The van der Waals surface area contributed by atoms with E-state index in [4.69, 9.17) is 5.11 Å². The van der Waals surface area contributed by atoms with Crippen LogP contribution in [-0.4, -0.2) is 22.0 Å². The summed E-state index contributed by atoms with van der Waals surface area (Å²) in [6, 6.07) is 17.9. The molecule has 0 aromatic heterocycles. The third-order valence-corrected chi connectivity index (χ3v) is 3.55. The van der Waals surface area contributed by atoms with Gasteiger partial charge in [0, 0.05) is 19.1 Å². The van der Waals surface area contributed by atoms with Gasteiger partial charge in [-0.1, -0.05) is 42.5 Å². The van der Waals surface area contributed by atoms with Crippen LogP contribution in [0.5, 0.6) is 0 Å². The number of benzene rings is 2. The Bertz CT molecular complexity index is 576. The summed E-state index contributed by atoms with van der Waals surface area (Å²) in [5.74, 6) is -0.883. The van der Waals surface area contributed by atoms with Crippen molar-refractivity contribution in [1.29, 1.82) is 0 Å². The van der Waals surface area contributed by atoms with Crippen molar-refractivity contribution in [2.24, 2.45) is 0 Å². The van der Waals surface area contributed by atoms with Crippen molar-refractivity contribution >= 4 is 5.97 Å². The van der Waals surface area contributed by atoms with Gasteiger partial charge < -0.3 is 5.11 Å². The van der Waals surface area contributed by atoms with Gasteiger partial charge in [-0.15, -0.1) is 0 Å². The Morgan fingerprint density at radius 3 is 1.95 bits per heavy atom. The maximum atomic E-state index is 10.9. The minimum Gasteiger partial charge on any atom is -0.478 e. The van der Waals surface area contributed by atoms with E-state index in [-0.39, 0.29) is 0 Å². The first-order valence-corrected chi connectivity index (χ1v) is 7.16. The van der Waals surface area contributed by atoms with Crippen molar-refractivity contribution in [2.45, 2.75) is 33.0 Å². The molecular formula is C18H21NO2. The number of nitrogens with zero attached hydrogens (tertiary/aromatic N) is 1. The smallest absolute Gasteiger partial charge is 0.335 e. The lowest BCUT2D eigenvalue weighted by Gasteiger charge is -2.26. The van der Waals surface area contributed by atoms with Gasteiger partial charge >= 0.3 is 5.97 Å². The highest BCUT2D eigenvalue weighted by Crippen LogP contribution is 2.14. The summed E-state index contributed by atoms with van der Waals surface area (Å²) in [6.07, 6.45) is 0. The number of carbonyl (C=O) groups is 1. The highest BCUT2D eigenvalue weighted by Gasteiger charge is 2.11. The lowest BCUT2D eigenvalue weighted by molar-refractivity contribution is 0.0697. The predicted molar refractivity (Wildman–Crippen MR) is 84.2 cm³/mol. The normalized spacial score (nSPS) is 11.0. The molecule has 1 N–H and O–H groups in total. The molecule has 2 aromatic rings. The standard InChI is InChI=1S/C18H21NO2/c1-14(2)19(12-15-6-4-3-5-7-15)13-16-8-10-17(11-9-16)18(20)21/h3-11,14H,12-13H2,1-2H3,(H,20,21). The third kappa shape index (κ3) is 4.43. The molecule has 0 aliphatic heterocycles. The summed E-state index contributed by atoms with van der Waals surface area (Å²) in [7, 11) is 0. The predicted octanol–water partition coefficient (Wildman–Crippen LogP) is 3.80. The van der Waals surface area contributed by atoms with Crippen LogP contribution in [0.1, 0.15) is 35.3 Å². The lowest BCUT2D eigenvalue weighted by atomic mass is 10.1. The van der Waals surface area contributed by atoms with Crippen molar-refractivity contribution in [3.8, 4) is 0 Å². The fourth-order valence-electron chi connectivity index (χ4n) is 2.23. The van der Waals surface area contributed by atoms with Gasteiger partial charge in [0.15, 0.2) is 0 Å². The quantitative estimate of drug-likeness (QED) is 0.876. The third-order valence-electron chi connectivity index (χ3n) is 3.55. The van der Waals surface area contributed by atoms with Crippen LogP contribution in [0, 0.1) is 0 Å². The van der Waals surface area contributed by atoms with Gasteiger partial charge in [-0.3, -0.25) is 4.90 Å². The Morgan fingerprint density at radius 2 is 1.48 bits per heavy atom. The number of aromatic carboxylic acids is 1.